The maximum Gasteiger partial charge on any atom is 0.119 e. The van der Waals surface area contributed by atoms with E-state index >= 15 is 0 Å². The number of nitrogens with zero attached hydrogens (tertiary/aromatic N) is 1. The van der Waals surface area contributed by atoms with Gasteiger partial charge in [0.1, 0.15) is 5.75 Å². The van der Waals surface area contributed by atoms with Crippen LogP contribution in [0.5, 0.6) is 5.75 Å². The van der Waals surface area contributed by atoms with Crippen molar-refractivity contribution >= 4 is 0 Å². The van der Waals surface area contributed by atoms with E-state index in [0.717, 1.165) is 0 Å². The van der Waals surface area contributed by atoms with Gasteiger partial charge in [0.25, 0.3) is 0 Å². The van der Waals surface area contributed by atoms with Crippen molar-refractivity contribution in [2.75, 3.05) is 20.6 Å². The fourth-order valence-corrected chi connectivity index (χ4v) is 3.23. The molecule has 0 N–H and O–H groups in total. The number of likely N-dealkylation sites (N-methyl/N-ethyl adjacent to an activating group) is 1. The number of ether oxygens (including phenoxy) is 1. The Balaban J connectivity index is 2.28. The Morgan fingerprint density at radius 2 is 2.50 bits per heavy atom. The fourth-order valence-electron chi connectivity index (χ4n) is 3.23. The molecule has 1 aromatic carbocycles. The second-order valence-corrected chi connectivity index (χ2v) is 5.24. The molecule has 1 saturated carbocycles. The molecule has 2 aliphatic carbocycles. The highest BCUT2D eigenvalue weighted by molar-refractivity contribution is 5.45. The lowest BCUT2D eigenvalue weighted by molar-refractivity contribution is 0.00274. The smallest absolute Gasteiger partial charge is 0.119 e. The van der Waals surface area contributed by atoms with Crippen molar-refractivity contribution in [3.8, 4) is 5.75 Å². The molecule has 2 nitrogen and oxygen atoms in total. The zero-order valence-corrected chi connectivity index (χ0v) is 11.0. The second kappa shape index (κ2) is 4.49. The molecule has 1 aliphatic heterocycles. The predicted molar refractivity (Wildman–Crippen MR) is 81.4 cm³/mol. The Labute approximate surface area is 144 Å². The largest absolute Gasteiger partial charge is 0.497 e. The molecule has 4 rings (SSSR count). The standard InChI is InChI=1S/C18H25NO/c1-19-10-9-18-8-4-3-5-15(18)17(19)11-13-6-7-14(20-2)12-16(13)18/h6-7,12,15,17H,3-5,8-11H2,1-2H3/t15-,17+,18+/m1/s1/i2D3,3D2,4D2,5D2,6D,7D,8D2,12D,15D,17D. The molecule has 2 fully saturated rings. The first-order chi connectivity index (χ1) is 15.9. The van der Waals surface area contributed by atoms with Crippen LogP contribution in [-0.2, 0) is 11.8 Å². The quantitative estimate of drug-likeness (QED) is 0.785. The van der Waals surface area contributed by atoms with E-state index in [4.69, 9.17) is 23.9 Å². The Kier molecular flexibility index (Phi) is 0.955. The Morgan fingerprint density at radius 1 is 1.55 bits per heavy atom. The van der Waals surface area contributed by atoms with Gasteiger partial charge < -0.3 is 9.64 Å². The molecule has 2 bridgehead atoms. The second-order valence-electron chi connectivity index (χ2n) is 5.24. The minimum absolute atomic E-state index is 0.164. The van der Waals surface area contributed by atoms with Gasteiger partial charge in [-0.25, -0.2) is 0 Å². The summed E-state index contributed by atoms with van der Waals surface area (Å²) in [6, 6.07) is -4.90. The van der Waals surface area contributed by atoms with Crippen LogP contribution in [0.4, 0.5) is 0 Å². The lowest BCUT2D eigenvalue weighted by atomic mass is 9.52. The van der Waals surface area contributed by atoms with Gasteiger partial charge in [-0.2, -0.15) is 0 Å². The molecule has 2 heteroatoms. The van der Waals surface area contributed by atoms with Gasteiger partial charge in [-0.1, -0.05) is 18.8 Å². The highest BCUT2D eigenvalue weighted by Crippen LogP contribution is 2.55. The summed E-state index contributed by atoms with van der Waals surface area (Å²) in [6.45, 7) is -0.164. The molecule has 0 aromatic heterocycles. The lowest BCUT2D eigenvalue weighted by Gasteiger charge is -2.58. The summed E-state index contributed by atoms with van der Waals surface area (Å²) >= 11 is 0. The summed E-state index contributed by atoms with van der Waals surface area (Å²) in [4.78, 5) is 1.23. The third kappa shape index (κ3) is 1.60. The summed E-state index contributed by atoms with van der Waals surface area (Å²) in [7, 11) is -1.82. The maximum atomic E-state index is 9.51. The third-order valence-corrected chi connectivity index (χ3v) is 4.26. The van der Waals surface area contributed by atoms with Crippen molar-refractivity contribution in [1.29, 1.82) is 0 Å². The van der Waals surface area contributed by atoms with Gasteiger partial charge in [0, 0.05) is 25.1 Å². The Morgan fingerprint density at radius 3 is 3.40 bits per heavy atom. The summed E-state index contributed by atoms with van der Waals surface area (Å²) in [5.41, 5.74) is -3.60. The molecular weight excluding hydrogens is 246 g/mol. The number of piperidine rings is 1. The molecule has 20 heavy (non-hydrogen) atoms. The average molecular weight is 288 g/mol. The van der Waals surface area contributed by atoms with Gasteiger partial charge in [0.05, 0.1) is 15.3 Å². The lowest BCUT2D eigenvalue weighted by Crippen LogP contribution is -2.59. The van der Waals surface area contributed by atoms with Crippen LogP contribution in [0.1, 0.15) is 65.0 Å². The monoisotopic (exact) mass is 287 g/mol. The van der Waals surface area contributed by atoms with Crippen LogP contribution in [0.2, 0.25) is 0 Å². The molecular formula is C18H25NO. The first-order valence-electron chi connectivity index (χ1n) is 14.5. The number of methoxy groups -OCH3 is 1. The van der Waals surface area contributed by atoms with Crippen LogP contribution >= 0.6 is 0 Å². The molecule has 0 unspecified atom stereocenters. The zero-order valence-electron chi connectivity index (χ0n) is 27.0. The zero-order chi connectivity index (χ0) is 27.9. The Hall–Kier alpha value is -1.02. The molecule has 0 spiro atoms. The van der Waals surface area contributed by atoms with Gasteiger partial charge in [-0.3, -0.25) is 0 Å². The number of rotatable bonds is 1. The minimum Gasteiger partial charge on any atom is -0.497 e. The van der Waals surface area contributed by atoms with Crippen LogP contribution in [-0.4, -0.2) is 31.5 Å². The first kappa shape index (κ1) is 4.25. The molecule has 0 amide bonds. The average Bonchev–Trinajstić information content (AvgIpc) is 2.72. The molecule has 3 atom stereocenters. The van der Waals surface area contributed by atoms with E-state index in [1.54, 1.807) is 0 Å². The number of hydrogen-bond donors (Lipinski definition) is 0. The molecule has 1 aromatic rings. The van der Waals surface area contributed by atoms with Gasteiger partial charge in [-0.15, -0.1) is 0 Å². The number of likely N-dealkylation sites (tertiary alicyclic amines) is 1. The van der Waals surface area contributed by atoms with E-state index in [0.29, 0.717) is 0 Å². The van der Waals surface area contributed by atoms with Crippen molar-refractivity contribution in [2.45, 2.75) is 49.8 Å². The molecule has 1 heterocycles. The van der Waals surface area contributed by atoms with E-state index in [1.165, 1.54) is 11.9 Å². The molecule has 0 radical (unpaired) electrons. The number of fused-ring (bicyclic) bond motifs is 1. The van der Waals surface area contributed by atoms with Crippen molar-refractivity contribution < 1.29 is 26.7 Å². The SMILES string of the molecule is [2H]c1c([2H])c(OC([2H])([2H])[2H])c([2H])c2c1C[C@]1([2H])N(C)CC[C@]23C([2H])([2H])C([2H])([2H])C([2H])([2H])C([2H])([2H])[C@]13[2H]. The van der Waals surface area contributed by atoms with Crippen LogP contribution in [0, 0.1) is 5.89 Å². The number of hydrogen-bond acceptors (Lipinski definition) is 2. The van der Waals surface area contributed by atoms with Crippen LogP contribution in [0.25, 0.3) is 0 Å². The molecule has 1 saturated heterocycles. The topological polar surface area (TPSA) is 12.5 Å². The molecule has 108 valence electrons. The van der Waals surface area contributed by atoms with Gasteiger partial charge in [0.15, 0.2) is 0 Å². The van der Waals surface area contributed by atoms with E-state index < -0.39 is 92.1 Å². The third-order valence-electron chi connectivity index (χ3n) is 4.26. The van der Waals surface area contributed by atoms with Crippen LogP contribution in [0.3, 0.4) is 0 Å². The summed E-state index contributed by atoms with van der Waals surface area (Å²) in [5.74, 6) is -4.02. The fraction of sp³-hybridized carbons (Fsp3) is 0.667. The summed E-state index contributed by atoms with van der Waals surface area (Å²) in [6.07, 6.45) is -15.4. The minimum atomic E-state index is -3.61. The number of benzene rings is 1. The van der Waals surface area contributed by atoms with Crippen LogP contribution in [0.15, 0.2) is 18.1 Å². The molecule has 3 aliphatic rings. The summed E-state index contributed by atoms with van der Waals surface area (Å²) in [5, 5.41) is 0. The van der Waals surface area contributed by atoms with E-state index in [9.17, 15) is 2.74 Å². The maximum absolute atomic E-state index is 9.51. The highest BCUT2D eigenvalue weighted by atomic mass is 16.5. The van der Waals surface area contributed by atoms with Crippen molar-refractivity contribution in [1.82, 2.24) is 4.90 Å². The van der Waals surface area contributed by atoms with E-state index in [2.05, 4.69) is 0 Å². The van der Waals surface area contributed by atoms with Crippen molar-refractivity contribution in [3.63, 3.8) is 0 Å². The van der Waals surface area contributed by atoms with Gasteiger partial charge >= 0.3 is 0 Å². The van der Waals surface area contributed by atoms with Crippen LogP contribution < -0.4 is 4.74 Å². The van der Waals surface area contributed by atoms with Gasteiger partial charge in [-0.05, 0) is 68.3 Å². The van der Waals surface area contributed by atoms with Gasteiger partial charge in [0.2, 0.25) is 0 Å². The van der Waals surface area contributed by atoms with E-state index in [-0.39, 0.29) is 12.1 Å². The first-order valence-corrected chi connectivity index (χ1v) is 6.46. The predicted octanol–water partition coefficient (Wildman–Crippen LogP) is 3.38. The van der Waals surface area contributed by atoms with Crippen molar-refractivity contribution in [2.24, 2.45) is 5.89 Å². The van der Waals surface area contributed by atoms with Crippen molar-refractivity contribution in [3.05, 3.63) is 29.3 Å². The normalized spacial score (nSPS) is 65.8. The summed E-state index contributed by atoms with van der Waals surface area (Å²) < 4.78 is 141. The highest BCUT2D eigenvalue weighted by Gasteiger charge is 2.53. The Bertz CT molecular complexity index is 1150. The van der Waals surface area contributed by atoms with E-state index in [1.807, 2.05) is 0 Å².